The lowest BCUT2D eigenvalue weighted by Crippen LogP contribution is -2.25. The summed E-state index contributed by atoms with van der Waals surface area (Å²) in [7, 11) is 1.36. The second-order valence-electron chi connectivity index (χ2n) is 4.86. The van der Waals surface area contributed by atoms with Crippen molar-refractivity contribution >= 4 is 29.3 Å². The molecule has 7 heteroatoms. The lowest BCUT2D eigenvalue weighted by Gasteiger charge is -2.08. The molecule has 128 valence electrons. The van der Waals surface area contributed by atoms with E-state index in [4.69, 9.17) is 16.3 Å². The number of rotatable bonds is 7. The van der Waals surface area contributed by atoms with Crippen molar-refractivity contribution in [2.75, 3.05) is 19.4 Å². The molecule has 0 heterocycles. The number of hydrogen-bond donors (Lipinski definition) is 1. The first kappa shape index (κ1) is 18.5. The Morgan fingerprint density at radius 2 is 2.04 bits per heavy atom. The quantitative estimate of drug-likeness (QED) is 0.738. The smallest absolute Gasteiger partial charge is 0.251 e. The zero-order chi connectivity index (χ0) is 17.5. The standard InChI is InChI=1S/C17H16ClF2NO2S/c1-23-16-6-5-11(9-15(16)20)17(22)21-7-8-24-10-12-13(18)3-2-4-14(12)19/h2-6,9H,7-8,10H2,1H3,(H,21,22). The zero-order valence-electron chi connectivity index (χ0n) is 12.9. The van der Waals surface area contributed by atoms with E-state index in [0.717, 1.165) is 6.07 Å². The molecule has 2 aromatic carbocycles. The van der Waals surface area contributed by atoms with Gasteiger partial charge in [0.1, 0.15) is 5.82 Å². The van der Waals surface area contributed by atoms with Gasteiger partial charge < -0.3 is 10.1 Å². The number of amides is 1. The summed E-state index contributed by atoms with van der Waals surface area (Å²) in [5.41, 5.74) is 0.670. The topological polar surface area (TPSA) is 38.3 Å². The minimum absolute atomic E-state index is 0.0869. The maximum absolute atomic E-state index is 13.6. The lowest BCUT2D eigenvalue weighted by molar-refractivity contribution is 0.0955. The first-order valence-corrected chi connectivity index (χ1v) is 8.68. The molecule has 0 aliphatic heterocycles. The van der Waals surface area contributed by atoms with E-state index in [1.807, 2.05) is 0 Å². The average Bonchev–Trinajstić information content (AvgIpc) is 2.56. The number of carbonyl (C=O) groups is 1. The van der Waals surface area contributed by atoms with E-state index in [1.165, 1.54) is 37.1 Å². The van der Waals surface area contributed by atoms with Gasteiger partial charge in [-0.3, -0.25) is 4.79 Å². The van der Waals surface area contributed by atoms with E-state index >= 15 is 0 Å². The molecule has 0 saturated carbocycles. The Hall–Kier alpha value is -1.79. The van der Waals surface area contributed by atoms with Crippen LogP contribution < -0.4 is 10.1 Å². The van der Waals surface area contributed by atoms with Gasteiger partial charge in [0.25, 0.3) is 5.91 Å². The van der Waals surface area contributed by atoms with Gasteiger partial charge in [0.2, 0.25) is 0 Å². The minimum atomic E-state index is -0.589. The van der Waals surface area contributed by atoms with E-state index in [-0.39, 0.29) is 23.0 Å². The van der Waals surface area contributed by atoms with Crippen molar-refractivity contribution in [2.24, 2.45) is 0 Å². The highest BCUT2D eigenvalue weighted by Gasteiger charge is 2.10. The summed E-state index contributed by atoms with van der Waals surface area (Å²) in [5, 5.41) is 3.07. The summed E-state index contributed by atoms with van der Waals surface area (Å²) in [6.07, 6.45) is 0. The predicted molar refractivity (Wildman–Crippen MR) is 92.9 cm³/mol. The summed E-state index contributed by atoms with van der Waals surface area (Å²) < 4.78 is 32.0. The van der Waals surface area contributed by atoms with E-state index in [2.05, 4.69) is 5.32 Å². The summed E-state index contributed by atoms with van der Waals surface area (Å²) >= 11 is 7.39. The molecule has 0 saturated heterocycles. The third-order valence-electron chi connectivity index (χ3n) is 3.25. The van der Waals surface area contributed by atoms with Crippen molar-refractivity contribution in [3.8, 4) is 5.75 Å². The van der Waals surface area contributed by atoms with Crippen LogP contribution in [-0.4, -0.2) is 25.3 Å². The number of thioether (sulfide) groups is 1. The lowest BCUT2D eigenvalue weighted by atomic mass is 10.2. The molecule has 2 aromatic rings. The van der Waals surface area contributed by atoms with E-state index in [0.29, 0.717) is 28.6 Å². The van der Waals surface area contributed by atoms with E-state index < -0.39 is 5.82 Å². The second-order valence-corrected chi connectivity index (χ2v) is 6.37. The Morgan fingerprint density at radius 1 is 1.25 bits per heavy atom. The highest BCUT2D eigenvalue weighted by Crippen LogP contribution is 2.23. The molecule has 0 bridgehead atoms. The largest absolute Gasteiger partial charge is 0.494 e. The third kappa shape index (κ3) is 4.85. The minimum Gasteiger partial charge on any atom is -0.494 e. The molecule has 0 radical (unpaired) electrons. The maximum Gasteiger partial charge on any atom is 0.251 e. The Kier molecular flexibility index (Phi) is 6.87. The fourth-order valence-electron chi connectivity index (χ4n) is 1.99. The number of benzene rings is 2. The van der Waals surface area contributed by atoms with Crippen LogP contribution in [0.3, 0.4) is 0 Å². The van der Waals surface area contributed by atoms with Gasteiger partial charge in [0.05, 0.1) is 7.11 Å². The SMILES string of the molecule is COc1ccc(C(=O)NCCSCc2c(F)cccc2Cl)cc1F. The van der Waals surface area contributed by atoms with Crippen LogP contribution in [0.25, 0.3) is 0 Å². The van der Waals surface area contributed by atoms with Gasteiger partial charge in [-0.15, -0.1) is 0 Å². The van der Waals surface area contributed by atoms with Crippen LogP contribution in [-0.2, 0) is 5.75 Å². The Bertz CT molecular complexity index is 707. The Morgan fingerprint density at radius 3 is 2.71 bits per heavy atom. The molecule has 0 atom stereocenters. The number of nitrogens with one attached hydrogen (secondary N) is 1. The number of methoxy groups -OCH3 is 1. The normalized spacial score (nSPS) is 10.5. The van der Waals surface area contributed by atoms with Gasteiger partial charge in [-0.2, -0.15) is 11.8 Å². The molecule has 24 heavy (non-hydrogen) atoms. The van der Waals surface area contributed by atoms with Gasteiger partial charge in [-0.1, -0.05) is 17.7 Å². The van der Waals surface area contributed by atoms with Crippen LogP contribution >= 0.6 is 23.4 Å². The van der Waals surface area contributed by atoms with E-state index in [1.54, 1.807) is 12.1 Å². The van der Waals surface area contributed by atoms with Crippen LogP contribution in [0.2, 0.25) is 5.02 Å². The van der Waals surface area contributed by atoms with Gasteiger partial charge in [0.15, 0.2) is 11.6 Å². The number of carbonyl (C=O) groups excluding carboxylic acids is 1. The van der Waals surface area contributed by atoms with Crippen molar-refractivity contribution in [1.82, 2.24) is 5.32 Å². The molecule has 3 nitrogen and oxygen atoms in total. The van der Waals surface area contributed by atoms with Crippen LogP contribution in [0.5, 0.6) is 5.75 Å². The number of hydrogen-bond acceptors (Lipinski definition) is 3. The van der Waals surface area contributed by atoms with Crippen molar-refractivity contribution in [2.45, 2.75) is 5.75 Å². The fourth-order valence-corrected chi connectivity index (χ4v) is 3.19. The zero-order valence-corrected chi connectivity index (χ0v) is 14.5. The molecule has 0 aliphatic carbocycles. The van der Waals surface area contributed by atoms with Crippen molar-refractivity contribution in [3.63, 3.8) is 0 Å². The van der Waals surface area contributed by atoms with E-state index in [9.17, 15) is 13.6 Å². The van der Waals surface area contributed by atoms with Gasteiger partial charge in [0, 0.05) is 34.2 Å². The first-order valence-electron chi connectivity index (χ1n) is 7.15. The number of ether oxygens (including phenoxy) is 1. The summed E-state index contributed by atoms with van der Waals surface area (Å²) in [5.74, 6) is -0.223. The Balaban J connectivity index is 1.78. The molecular weight excluding hydrogens is 356 g/mol. The molecule has 1 N–H and O–H groups in total. The highest BCUT2D eigenvalue weighted by atomic mass is 35.5. The average molecular weight is 372 g/mol. The van der Waals surface area contributed by atoms with Crippen LogP contribution in [0.4, 0.5) is 8.78 Å². The summed E-state index contributed by atoms with van der Waals surface area (Å²) in [6, 6.07) is 8.57. The molecule has 1 amide bonds. The number of halogens is 3. The fraction of sp³-hybridized carbons (Fsp3) is 0.235. The van der Waals surface area contributed by atoms with Crippen molar-refractivity contribution in [1.29, 1.82) is 0 Å². The van der Waals surface area contributed by atoms with Gasteiger partial charge in [-0.05, 0) is 30.3 Å². The summed E-state index contributed by atoms with van der Waals surface area (Å²) in [6.45, 7) is 0.378. The monoisotopic (exact) mass is 371 g/mol. The molecule has 0 aromatic heterocycles. The molecule has 0 aliphatic rings. The van der Waals surface area contributed by atoms with Crippen molar-refractivity contribution < 1.29 is 18.3 Å². The summed E-state index contributed by atoms with van der Waals surface area (Å²) in [4.78, 5) is 11.9. The van der Waals surface area contributed by atoms with Gasteiger partial charge >= 0.3 is 0 Å². The first-order chi connectivity index (χ1) is 11.5. The Labute approximate surface area is 148 Å². The van der Waals surface area contributed by atoms with Gasteiger partial charge in [-0.25, -0.2) is 8.78 Å². The molecule has 0 unspecified atom stereocenters. The third-order valence-corrected chi connectivity index (χ3v) is 4.59. The molecular formula is C17H16ClF2NO2S. The van der Waals surface area contributed by atoms with Crippen LogP contribution in [0, 0.1) is 11.6 Å². The molecule has 2 rings (SSSR count). The van der Waals surface area contributed by atoms with Crippen molar-refractivity contribution in [3.05, 3.63) is 64.2 Å². The van der Waals surface area contributed by atoms with Crippen LogP contribution in [0.1, 0.15) is 15.9 Å². The highest BCUT2D eigenvalue weighted by molar-refractivity contribution is 7.98. The molecule has 0 spiro atoms. The maximum atomic E-state index is 13.6. The predicted octanol–water partition coefficient (Wildman–Crippen LogP) is 4.29. The second kappa shape index (κ2) is 8.89. The van der Waals surface area contributed by atoms with Crippen LogP contribution in [0.15, 0.2) is 36.4 Å². The molecule has 0 fully saturated rings.